The van der Waals surface area contributed by atoms with E-state index in [1.54, 1.807) is 11.9 Å². The van der Waals surface area contributed by atoms with Crippen molar-refractivity contribution in [2.24, 2.45) is 0 Å². The van der Waals surface area contributed by atoms with E-state index in [-0.39, 0.29) is 5.91 Å². The topological polar surface area (TPSA) is 20.3 Å². The van der Waals surface area contributed by atoms with E-state index in [2.05, 4.69) is 22.6 Å². The summed E-state index contributed by atoms with van der Waals surface area (Å²) in [5.41, 5.74) is 2.78. The highest BCUT2D eigenvalue weighted by Gasteiger charge is 2.16. The second-order valence-corrected chi connectivity index (χ2v) is 5.21. The Morgan fingerprint density at radius 3 is 2.39 bits per heavy atom. The van der Waals surface area contributed by atoms with Gasteiger partial charge in [0.05, 0.1) is 5.56 Å². The Kier molecular flexibility index (Phi) is 4.01. The fourth-order valence-electron chi connectivity index (χ4n) is 1.76. The molecular weight excluding hydrogens is 337 g/mol. The van der Waals surface area contributed by atoms with E-state index in [9.17, 15) is 4.79 Å². The molecule has 3 heteroatoms. The lowest BCUT2D eigenvalue weighted by Crippen LogP contribution is -2.27. The summed E-state index contributed by atoms with van der Waals surface area (Å²) in [4.78, 5) is 14.1. The maximum atomic E-state index is 12.4. The number of anilines is 1. The first-order valence-corrected chi connectivity index (χ1v) is 6.77. The number of hydrogen-bond acceptors (Lipinski definition) is 1. The Hall–Kier alpha value is -1.36. The second kappa shape index (κ2) is 5.52. The van der Waals surface area contributed by atoms with Gasteiger partial charge in [-0.1, -0.05) is 30.3 Å². The van der Waals surface area contributed by atoms with Crippen LogP contribution in [0.15, 0.2) is 48.5 Å². The lowest BCUT2D eigenvalue weighted by Gasteiger charge is -2.18. The van der Waals surface area contributed by atoms with E-state index in [0.717, 1.165) is 20.4 Å². The molecule has 0 unspecified atom stereocenters. The van der Waals surface area contributed by atoms with Crippen molar-refractivity contribution in [2.75, 3.05) is 11.9 Å². The molecule has 0 heterocycles. The molecular formula is C15H14INO. The van der Waals surface area contributed by atoms with Crippen molar-refractivity contribution >= 4 is 34.2 Å². The molecule has 0 aromatic heterocycles. The summed E-state index contributed by atoms with van der Waals surface area (Å²) in [7, 11) is 1.80. The number of benzene rings is 2. The molecule has 2 aromatic carbocycles. The smallest absolute Gasteiger partial charge is 0.259 e. The van der Waals surface area contributed by atoms with Crippen LogP contribution < -0.4 is 4.90 Å². The van der Waals surface area contributed by atoms with Crippen molar-refractivity contribution in [1.82, 2.24) is 0 Å². The predicted octanol–water partition coefficient (Wildman–Crippen LogP) is 3.88. The molecule has 0 fully saturated rings. The first kappa shape index (κ1) is 13.1. The van der Waals surface area contributed by atoms with E-state index in [4.69, 9.17) is 0 Å². The Morgan fingerprint density at radius 2 is 1.72 bits per heavy atom. The molecule has 0 bridgehead atoms. The van der Waals surface area contributed by atoms with Crippen LogP contribution in [0.3, 0.4) is 0 Å². The van der Waals surface area contributed by atoms with Crippen molar-refractivity contribution in [3.63, 3.8) is 0 Å². The van der Waals surface area contributed by atoms with E-state index in [0.29, 0.717) is 0 Å². The highest BCUT2D eigenvalue weighted by atomic mass is 127. The molecule has 2 rings (SSSR count). The highest BCUT2D eigenvalue weighted by Crippen LogP contribution is 2.20. The Labute approximate surface area is 121 Å². The SMILES string of the molecule is Cc1cccc(C(=O)N(C)c2ccccc2)c1I. The minimum Gasteiger partial charge on any atom is -0.311 e. The van der Waals surface area contributed by atoms with Crippen LogP contribution in [0.5, 0.6) is 0 Å². The Morgan fingerprint density at radius 1 is 1.06 bits per heavy atom. The van der Waals surface area contributed by atoms with Gasteiger partial charge in [0.1, 0.15) is 0 Å². The maximum absolute atomic E-state index is 12.4. The van der Waals surface area contributed by atoms with E-state index in [1.165, 1.54) is 0 Å². The van der Waals surface area contributed by atoms with Crippen molar-refractivity contribution in [3.05, 3.63) is 63.2 Å². The summed E-state index contributed by atoms with van der Waals surface area (Å²) in [6.45, 7) is 2.01. The zero-order chi connectivity index (χ0) is 13.1. The summed E-state index contributed by atoms with van der Waals surface area (Å²) in [5.74, 6) is 0.0225. The lowest BCUT2D eigenvalue weighted by atomic mass is 10.1. The minimum atomic E-state index is 0.0225. The van der Waals surface area contributed by atoms with Gasteiger partial charge in [-0.05, 0) is 53.3 Å². The number of carbonyl (C=O) groups excluding carboxylic acids is 1. The van der Waals surface area contributed by atoms with E-state index < -0.39 is 0 Å². The van der Waals surface area contributed by atoms with E-state index in [1.807, 2.05) is 55.5 Å². The van der Waals surface area contributed by atoms with Gasteiger partial charge in [-0.3, -0.25) is 4.79 Å². The quantitative estimate of drug-likeness (QED) is 0.752. The van der Waals surface area contributed by atoms with Gasteiger partial charge in [0, 0.05) is 16.3 Å². The van der Waals surface area contributed by atoms with Crippen LogP contribution in [0.4, 0.5) is 5.69 Å². The predicted molar refractivity (Wildman–Crippen MR) is 83.1 cm³/mol. The molecule has 0 aliphatic heterocycles. The first-order valence-electron chi connectivity index (χ1n) is 5.69. The number of rotatable bonds is 2. The molecule has 0 aliphatic rings. The van der Waals surface area contributed by atoms with Crippen LogP contribution in [-0.2, 0) is 0 Å². The average Bonchev–Trinajstić information content (AvgIpc) is 2.41. The third-order valence-electron chi connectivity index (χ3n) is 2.87. The Bertz CT molecular complexity index is 566. The van der Waals surface area contributed by atoms with Crippen LogP contribution in [-0.4, -0.2) is 13.0 Å². The minimum absolute atomic E-state index is 0.0225. The monoisotopic (exact) mass is 351 g/mol. The number of aryl methyl sites for hydroxylation is 1. The van der Waals surface area contributed by atoms with Gasteiger partial charge in [0.2, 0.25) is 0 Å². The van der Waals surface area contributed by atoms with Crippen LogP contribution in [0.2, 0.25) is 0 Å². The third-order valence-corrected chi connectivity index (χ3v) is 4.30. The van der Waals surface area contributed by atoms with Crippen LogP contribution in [0, 0.1) is 10.5 Å². The molecule has 0 radical (unpaired) electrons. The van der Waals surface area contributed by atoms with Gasteiger partial charge in [0.25, 0.3) is 5.91 Å². The van der Waals surface area contributed by atoms with Gasteiger partial charge in [-0.25, -0.2) is 0 Å². The molecule has 2 aromatic rings. The van der Waals surface area contributed by atoms with Gasteiger partial charge in [-0.2, -0.15) is 0 Å². The third kappa shape index (κ3) is 2.56. The zero-order valence-corrected chi connectivity index (χ0v) is 12.5. The van der Waals surface area contributed by atoms with Crippen molar-refractivity contribution in [2.45, 2.75) is 6.92 Å². The molecule has 0 atom stereocenters. The first-order chi connectivity index (χ1) is 8.61. The van der Waals surface area contributed by atoms with Gasteiger partial charge < -0.3 is 4.90 Å². The molecule has 18 heavy (non-hydrogen) atoms. The molecule has 2 nitrogen and oxygen atoms in total. The van der Waals surface area contributed by atoms with Crippen molar-refractivity contribution < 1.29 is 4.79 Å². The van der Waals surface area contributed by atoms with Crippen LogP contribution in [0.25, 0.3) is 0 Å². The largest absolute Gasteiger partial charge is 0.311 e. The number of carbonyl (C=O) groups is 1. The standard InChI is InChI=1S/C15H14INO/c1-11-7-6-10-13(14(11)16)15(18)17(2)12-8-4-3-5-9-12/h3-10H,1-2H3. The van der Waals surface area contributed by atoms with Crippen molar-refractivity contribution in [1.29, 1.82) is 0 Å². The molecule has 0 saturated carbocycles. The summed E-state index contributed by atoms with van der Waals surface area (Å²) in [6.07, 6.45) is 0. The summed E-state index contributed by atoms with van der Waals surface area (Å²) >= 11 is 2.23. The number of hydrogen-bond donors (Lipinski definition) is 0. The van der Waals surface area contributed by atoms with Crippen LogP contribution in [0.1, 0.15) is 15.9 Å². The number of nitrogens with zero attached hydrogens (tertiary/aromatic N) is 1. The highest BCUT2D eigenvalue weighted by molar-refractivity contribution is 14.1. The lowest BCUT2D eigenvalue weighted by molar-refractivity contribution is 0.0992. The van der Waals surface area contributed by atoms with Crippen LogP contribution >= 0.6 is 22.6 Å². The molecule has 0 spiro atoms. The number of amides is 1. The molecule has 0 saturated heterocycles. The summed E-state index contributed by atoms with van der Waals surface area (Å²) in [5, 5.41) is 0. The molecule has 1 amide bonds. The number of para-hydroxylation sites is 1. The summed E-state index contributed by atoms with van der Waals surface area (Å²) < 4.78 is 1.02. The average molecular weight is 351 g/mol. The fraction of sp³-hybridized carbons (Fsp3) is 0.133. The molecule has 92 valence electrons. The van der Waals surface area contributed by atoms with Crippen molar-refractivity contribution in [3.8, 4) is 0 Å². The molecule has 0 N–H and O–H groups in total. The zero-order valence-electron chi connectivity index (χ0n) is 10.4. The van der Waals surface area contributed by atoms with Gasteiger partial charge in [-0.15, -0.1) is 0 Å². The van der Waals surface area contributed by atoms with E-state index >= 15 is 0 Å². The number of halogens is 1. The summed E-state index contributed by atoms with van der Waals surface area (Å²) in [6, 6.07) is 15.5. The van der Waals surface area contributed by atoms with Gasteiger partial charge in [0.15, 0.2) is 0 Å². The fourth-order valence-corrected chi connectivity index (χ4v) is 2.35. The van der Waals surface area contributed by atoms with Gasteiger partial charge >= 0.3 is 0 Å². The normalized spacial score (nSPS) is 10.2. The second-order valence-electron chi connectivity index (χ2n) is 4.14. The Balaban J connectivity index is 2.35. The maximum Gasteiger partial charge on any atom is 0.259 e. The molecule has 0 aliphatic carbocycles.